The highest BCUT2D eigenvalue weighted by Gasteiger charge is 2.34. The van der Waals surface area contributed by atoms with Crippen LogP contribution in [0.1, 0.15) is 32.1 Å². The van der Waals surface area contributed by atoms with E-state index in [1.807, 2.05) is 6.07 Å². The molecule has 2 fully saturated rings. The zero-order valence-corrected chi connectivity index (χ0v) is 10.7. The molecular weight excluding hydrogens is 227 g/mol. The lowest BCUT2D eigenvalue weighted by molar-refractivity contribution is 0.376. The second-order valence-corrected chi connectivity index (χ2v) is 5.56. The molecule has 3 heteroatoms. The van der Waals surface area contributed by atoms with Gasteiger partial charge in [0, 0.05) is 17.8 Å². The molecule has 1 aromatic rings. The van der Waals surface area contributed by atoms with E-state index in [1.54, 1.807) is 12.1 Å². The Bertz CT molecular complexity index is 401. The van der Waals surface area contributed by atoms with Gasteiger partial charge in [0.1, 0.15) is 5.82 Å². The largest absolute Gasteiger partial charge is 0.382 e. The number of rotatable bonds is 3. The molecule has 1 saturated carbocycles. The zero-order chi connectivity index (χ0) is 12.4. The first-order chi connectivity index (χ1) is 8.83. The summed E-state index contributed by atoms with van der Waals surface area (Å²) in [5, 5.41) is 7.14. The van der Waals surface area contributed by atoms with Crippen molar-refractivity contribution in [3.8, 4) is 0 Å². The van der Waals surface area contributed by atoms with Crippen molar-refractivity contribution in [1.29, 1.82) is 0 Å². The third-order valence-corrected chi connectivity index (χ3v) is 4.36. The third-order valence-electron chi connectivity index (χ3n) is 4.36. The molecule has 1 heterocycles. The maximum absolute atomic E-state index is 13.2. The topological polar surface area (TPSA) is 24.1 Å². The molecule has 2 aliphatic rings. The van der Waals surface area contributed by atoms with Gasteiger partial charge in [-0.1, -0.05) is 12.5 Å². The van der Waals surface area contributed by atoms with Gasteiger partial charge in [0.15, 0.2) is 0 Å². The minimum atomic E-state index is -0.159. The molecule has 18 heavy (non-hydrogen) atoms. The number of nitrogens with one attached hydrogen (secondary N) is 2. The van der Waals surface area contributed by atoms with Gasteiger partial charge in [-0.15, -0.1) is 0 Å². The predicted octanol–water partition coefficient (Wildman–Crippen LogP) is 3.16. The molecule has 0 amide bonds. The summed E-state index contributed by atoms with van der Waals surface area (Å²) in [6.45, 7) is 1.16. The molecule has 1 aromatic carbocycles. The number of hydrogen-bond donors (Lipinski definition) is 2. The average Bonchev–Trinajstić information content (AvgIpc) is 2.98. The molecule has 2 nitrogen and oxygen atoms in total. The Balaban J connectivity index is 1.67. The summed E-state index contributed by atoms with van der Waals surface area (Å²) >= 11 is 0. The van der Waals surface area contributed by atoms with Gasteiger partial charge < -0.3 is 10.6 Å². The average molecular weight is 248 g/mol. The van der Waals surface area contributed by atoms with E-state index in [2.05, 4.69) is 10.6 Å². The van der Waals surface area contributed by atoms with E-state index in [-0.39, 0.29) is 5.82 Å². The van der Waals surface area contributed by atoms with E-state index in [4.69, 9.17) is 0 Å². The molecule has 0 spiro atoms. The van der Waals surface area contributed by atoms with Gasteiger partial charge in [-0.3, -0.25) is 0 Å². The van der Waals surface area contributed by atoms with Gasteiger partial charge in [-0.05, 0) is 56.3 Å². The van der Waals surface area contributed by atoms with Crippen LogP contribution in [0.4, 0.5) is 10.1 Å². The molecule has 2 N–H and O–H groups in total. The number of halogens is 1. The van der Waals surface area contributed by atoms with E-state index in [0.29, 0.717) is 18.0 Å². The van der Waals surface area contributed by atoms with E-state index in [9.17, 15) is 4.39 Å². The van der Waals surface area contributed by atoms with Crippen LogP contribution in [0, 0.1) is 11.7 Å². The Morgan fingerprint density at radius 2 is 2.11 bits per heavy atom. The summed E-state index contributed by atoms with van der Waals surface area (Å²) in [5.41, 5.74) is 0.921. The van der Waals surface area contributed by atoms with E-state index < -0.39 is 0 Å². The van der Waals surface area contributed by atoms with Crippen molar-refractivity contribution in [2.75, 3.05) is 11.9 Å². The third kappa shape index (κ3) is 2.51. The number of anilines is 1. The maximum atomic E-state index is 13.2. The number of hydrogen-bond acceptors (Lipinski definition) is 2. The summed E-state index contributed by atoms with van der Waals surface area (Å²) in [7, 11) is 0. The van der Waals surface area contributed by atoms with Gasteiger partial charge in [0.25, 0.3) is 0 Å². The van der Waals surface area contributed by atoms with Crippen LogP contribution in [0.25, 0.3) is 0 Å². The standard InChI is InChI=1S/C15H21FN2/c16-11-4-1-5-12(10-11)18-15-7-2-6-13(15)14-8-3-9-17-14/h1,4-5,10,13-15,17-18H,2-3,6-9H2. The quantitative estimate of drug-likeness (QED) is 0.858. The van der Waals surface area contributed by atoms with Crippen LogP contribution in [0.3, 0.4) is 0 Å². The van der Waals surface area contributed by atoms with Crippen LogP contribution in [-0.2, 0) is 0 Å². The Labute approximate surface area is 108 Å². The van der Waals surface area contributed by atoms with Crippen molar-refractivity contribution in [2.45, 2.75) is 44.2 Å². The highest BCUT2D eigenvalue weighted by molar-refractivity contribution is 5.44. The molecular formula is C15H21FN2. The SMILES string of the molecule is Fc1cccc(NC2CCCC2C2CCCN2)c1. The lowest BCUT2D eigenvalue weighted by Gasteiger charge is -2.27. The molecule has 3 rings (SSSR count). The fourth-order valence-electron chi connectivity index (χ4n) is 3.52. The van der Waals surface area contributed by atoms with Crippen molar-refractivity contribution in [3.05, 3.63) is 30.1 Å². The van der Waals surface area contributed by atoms with Crippen molar-refractivity contribution in [1.82, 2.24) is 5.32 Å². The van der Waals surface area contributed by atoms with Crippen LogP contribution in [0.5, 0.6) is 0 Å². The van der Waals surface area contributed by atoms with Crippen LogP contribution >= 0.6 is 0 Å². The van der Waals surface area contributed by atoms with Crippen molar-refractivity contribution in [2.24, 2.45) is 5.92 Å². The molecule has 1 saturated heterocycles. The molecule has 1 aliphatic carbocycles. The minimum Gasteiger partial charge on any atom is -0.382 e. The molecule has 0 aromatic heterocycles. The van der Waals surface area contributed by atoms with Crippen molar-refractivity contribution >= 4 is 5.69 Å². The van der Waals surface area contributed by atoms with Gasteiger partial charge >= 0.3 is 0 Å². The van der Waals surface area contributed by atoms with E-state index >= 15 is 0 Å². The Morgan fingerprint density at radius 3 is 2.89 bits per heavy atom. The fourth-order valence-corrected chi connectivity index (χ4v) is 3.52. The van der Waals surface area contributed by atoms with Crippen LogP contribution < -0.4 is 10.6 Å². The zero-order valence-electron chi connectivity index (χ0n) is 10.7. The molecule has 3 unspecified atom stereocenters. The van der Waals surface area contributed by atoms with E-state index in [1.165, 1.54) is 38.2 Å². The molecule has 3 atom stereocenters. The first-order valence-electron chi connectivity index (χ1n) is 7.08. The van der Waals surface area contributed by atoms with Crippen molar-refractivity contribution < 1.29 is 4.39 Å². The normalized spacial score (nSPS) is 31.7. The lowest BCUT2D eigenvalue weighted by atomic mass is 9.93. The summed E-state index contributed by atoms with van der Waals surface area (Å²) in [6, 6.07) is 7.99. The Morgan fingerprint density at radius 1 is 1.17 bits per heavy atom. The Kier molecular flexibility index (Phi) is 3.50. The molecule has 0 radical (unpaired) electrons. The summed E-state index contributed by atoms with van der Waals surface area (Å²) in [5.74, 6) is 0.546. The van der Waals surface area contributed by atoms with Crippen LogP contribution in [0.2, 0.25) is 0 Å². The second-order valence-electron chi connectivity index (χ2n) is 5.56. The second kappa shape index (κ2) is 5.27. The minimum absolute atomic E-state index is 0.159. The maximum Gasteiger partial charge on any atom is 0.125 e. The smallest absolute Gasteiger partial charge is 0.125 e. The van der Waals surface area contributed by atoms with Crippen molar-refractivity contribution in [3.63, 3.8) is 0 Å². The number of benzene rings is 1. The summed E-state index contributed by atoms with van der Waals surface area (Å²) in [4.78, 5) is 0. The van der Waals surface area contributed by atoms with E-state index in [0.717, 1.165) is 12.2 Å². The van der Waals surface area contributed by atoms with Crippen LogP contribution in [0.15, 0.2) is 24.3 Å². The summed E-state index contributed by atoms with van der Waals surface area (Å²) in [6.07, 6.45) is 6.39. The van der Waals surface area contributed by atoms with Gasteiger partial charge in [-0.2, -0.15) is 0 Å². The molecule has 1 aliphatic heterocycles. The molecule has 0 bridgehead atoms. The van der Waals surface area contributed by atoms with Gasteiger partial charge in [-0.25, -0.2) is 4.39 Å². The van der Waals surface area contributed by atoms with Gasteiger partial charge in [0.05, 0.1) is 0 Å². The fraction of sp³-hybridized carbons (Fsp3) is 0.600. The first-order valence-corrected chi connectivity index (χ1v) is 7.08. The summed E-state index contributed by atoms with van der Waals surface area (Å²) < 4.78 is 13.2. The first kappa shape index (κ1) is 12.0. The predicted molar refractivity (Wildman–Crippen MR) is 72.2 cm³/mol. The highest BCUT2D eigenvalue weighted by atomic mass is 19.1. The molecule has 98 valence electrons. The monoisotopic (exact) mass is 248 g/mol. The Hall–Kier alpha value is -1.09. The van der Waals surface area contributed by atoms with Crippen LogP contribution in [-0.4, -0.2) is 18.6 Å². The lowest BCUT2D eigenvalue weighted by Crippen LogP contribution is -2.38. The highest BCUT2D eigenvalue weighted by Crippen LogP contribution is 2.33. The van der Waals surface area contributed by atoms with Gasteiger partial charge in [0.2, 0.25) is 0 Å².